The van der Waals surface area contributed by atoms with Gasteiger partial charge in [-0.2, -0.15) is 0 Å². The fourth-order valence-electron chi connectivity index (χ4n) is 1.60. The number of esters is 1. The summed E-state index contributed by atoms with van der Waals surface area (Å²) in [5.41, 5.74) is 1.13. The molecule has 18 heavy (non-hydrogen) atoms. The van der Waals surface area contributed by atoms with Gasteiger partial charge in [0.25, 0.3) is 0 Å². The molecule has 5 heteroatoms. The van der Waals surface area contributed by atoms with E-state index in [0.29, 0.717) is 22.9 Å². The highest BCUT2D eigenvalue weighted by Gasteiger charge is 2.15. The van der Waals surface area contributed by atoms with Crippen LogP contribution in [0.1, 0.15) is 23.7 Å². The number of methoxy groups -OCH3 is 2. The van der Waals surface area contributed by atoms with Crippen molar-refractivity contribution in [3.8, 4) is 0 Å². The number of carbonyl (C=O) groups excluding carboxylic acids is 1. The highest BCUT2D eigenvalue weighted by atomic mass is 35.5. The number of nitrogens with one attached hydrogen (secondary N) is 1. The molecule has 0 aromatic heterocycles. The van der Waals surface area contributed by atoms with Crippen LogP contribution in [-0.2, 0) is 9.47 Å². The molecule has 1 rings (SSSR count). The molecule has 0 amide bonds. The molecule has 0 aliphatic rings. The van der Waals surface area contributed by atoms with Crippen molar-refractivity contribution in [1.29, 1.82) is 0 Å². The minimum Gasteiger partial charge on any atom is -0.465 e. The SMILES string of the molecule is CCC(COC)Nc1ccc(Cl)cc1C(=O)OC. The van der Waals surface area contributed by atoms with Gasteiger partial charge in [-0.25, -0.2) is 4.79 Å². The predicted octanol–water partition coefficient (Wildman–Crippen LogP) is 2.96. The van der Waals surface area contributed by atoms with Gasteiger partial charge in [-0.1, -0.05) is 18.5 Å². The van der Waals surface area contributed by atoms with E-state index < -0.39 is 5.97 Å². The molecular weight excluding hydrogens is 254 g/mol. The van der Waals surface area contributed by atoms with Crippen LogP contribution in [0.4, 0.5) is 5.69 Å². The van der Waals surface area contributed by atoms with Gasteiger partial charge in [-0.15, -0.1) is 0 Å². The van der Waals surface area contributed by atoms with Crippen LogP contribution >= 0.6 is 11.6 Å². The molecule has 1 unspecified atom stereocenters. The molecule has 0 radical (unpaired) electrons. The number of carbonyl (C=O) groups is 1. The van der Waals surface area contributed by atoms with E-state index in [1.165, 1.54) is 7.11 Å². The summed E-state index contributed by atoms with van der Waals surface area (Å²) >= 11 is 5.89. The van der Waals surface area contributed by atoms with E-state index in [-0.39, 0.29) is 6.04 Å². The molecule has 0 fully saturated rings. The monoisotopic (exact) mass is 271 g/mol. The van der Waals surface area contributed by atoms with Gasteiger partial charge < -0.3 is 14.8 Å². The van der Waals surface area contributed by atoms with E-state index in [1.807, 2.05) is 6.92 Å². The molecule has 100 valence electrons. The van der Waals surface area contributed by atoms with Gasteiger partial charge in [0.15, 0.2) is 0 Å². The average molecular weight is 272 g/mol. The maximum Gasteiger partial charge on any atom is 0.340 e. The van der Waals surface area contributed by atoms with Crippen LogP contribution in [-0.4, -0.2) is 32.8 Å². The van der Waals surface area contributed by atoms with Gasteiger partial charge >= 0.3 is 5.97 Å². The first kappa shape index (κ1) is 14.8. The predicted molar refractivity (Wildman–Crippen MR) is 72.4 cm³/mol. The first-order chi connectivity index (χ1) is 8.62. The average Bonchev–Trinajstić information content (AvgIpc) is 2.39. The van der Waals surface area contributed by atoms with Crippen LogP contribution in [0.25, 0.3) is 0 Å². The Hall–Kier alpha value is -1.26. The van der Waals surface area contributed by atoms with Gasteiger partial charge in [0.1, 0.15) is 0 Å². The van der Waals surface area contributed by atoms with Gasteiger partial charge in [-0.05, 0) is 24.6 Å². The van der Waals surface area contributed by atoms with Crippen molar-refractivity contribution in [1.82, 2.24) is 0 Å². The first-order valence-electron chi connectivity index (χ1n) is 5.75. The van der Waals surface area contributed by atoms with Gasteiger partial charge in [0.05, 0.1) is 19.3 Å². The van der Waals surface area contributed by atoms with E-state index in [4.69, 9.17) is 21.1 Å². The number of hydrogen-bond acceptors (Lipinski definition) is 4. The summed E-state index contributed by atoms with van der Waals surface area (Å²) in [6.07, 6.45) is 0.886. The minimum absolute atomic E-state index is 0.139. The van der Waals surface area contributed by atoms with Gasteiger partial charge in [0, 0.05) is 23.9 Å². The smallest absolute Gasteiger partial charge is 0.340 e. The van der Waals surface area contributed by atoms with E-state index >= 15 is 0 Å². The molecule has 4 nitrogen and oxygen atoms in total. The Morgan fingerprint density at radius 1 is 1.44 bits per heavy atom. The number of anilines is 1. The summed E-state index contributed by atoms with van der Waals surface area (Å²) in [5, 5.41) is 3.76. The Labute approximate surface area is 112 Å². The molecule has 0 bridgehead atoms. The summed E-state index contributed by atoms with van der Waals surface area (Å²) in [7, 11) is 2.99. The molecule has 0 aliphatic heterocycles. The van der Waals surface area contributed by atoms with Crippen LogP contribution in [0.2, 0.25) is 5.02 Å². The molecule has 0 spiro atoms. The molecule has 0 aliphatic carbocycles. The van der Waals surface area contributed by atoms with Crippen LogP contribution in [0.5, 0.6) is 0 Å². The normalized spacial score (nSPS) is 12.0. The second-order valence-electron chi connectivity index (χ2n) is 3.89. The Morgan fingerprint density at radius 3 is 2.72 bits per heavy atom. The summed E-state index contributed by atoms with van der Waals surface area (Å²) in [6, 6.07) is 5.23. The Morgan fingerprint density at radius 2 is 2.17 bits per heavy atom. The van der Waals surface area contributed by atoms with Crippen molar-refractivity contribution < 1.29 is 14.3 Å². The molecule has 1 aromatic rings. The van der Waals surface area contributed by atoms with E-state index in [9.17, 15) is 4.79 Å². The zero-order valence-corrected chi connectivity index (χ0v) is 11.6. The lowest BCUT2D eigenvalue weighted by atomic mass is 10.1. The largest absolute Gasteiger partial charge is 0.465 e. The Balaban J connectivity index is 2.96. The first-order valence-corrected chi connectivity index (χ1v) is 6.13. The Bertz CT molecular complexity index is 409. The van der Waals surface area contributed by atoms with Crippen LogP contribution in [0.15, 0.2) is 18.2 Å². The van der Waals surface area contributed by atoms with Crippen molar-refractivity contribution in [2.45, 2.75) is 19.4 Å². The minimum atomic E-state index is -0.410. The molecule has 0 heterocycles. The van der Waals surface area contributed by atoms with Crippen molar-refractivity contribution in [2.24, 2.45) is 0 Å². The number of halogens is 1. The molecule has 1 N–H and O–H groups in total. The van der Waals surface area contributed by atoms with Crippen molar-refractivity contribution in [3.05, 3.63) is 28.8 Å². The highest BCUT2D eigenvalue weighted by molar-refractivity contribution is 6.31. The van der Waals surface area contributed by atoms with Gasteiger partial charge in [-0.3, -0.25) is 0 Å². The van der Waals surface area contributed by atoms with Crippen LogP contribution < -0.4 is 5.32 Å². The Kier molecular flexibility index (Phi) is 5.95. The fraction of sp³-hybridized carbons (Fsp3) is 0.462. The third-order valence-corrected chi connectivity index (χ3v) is 2.84. The standard InChI is InChI=1S/C13H18ClNO3/c1-4-10(8-17-2)15-12-6-5-9(14)7-11(12)13(16)18-3/h5-7,10,15H,4,8H2,1-3H3. The third kappa shape index (κ3) is 3.89. The van der Waals surface area contributed by atoms with Gasteiger partial charge in [0.2, 0.25) is 0 Å². The molecule has 1 atom stereocenters. The van der Waals surface area contributed by atoms with E-state index in [1.54, 1.807) is 25.3 Å². The second kappa shape index (κ2) is 7.24. The van der Waals surface area contributed by atoms with Crippen molar-refractivity contribution in [2.75, 3.05) is 26.1 Å². The zero-order valence-electron chi connectivity index (χ0n) is 10.8. The van der Waals surface area contributed by atoms with E-state index in [0.717, 1.165) is 6.42 Å². The molecule has 0 saturated heterocycles. The lowest BCUT2D eigenvalue weighted by Gasteiger charge is -2.19. The lowest BCUT2D eigenvalue weighted by Crippen LogP contribution is -2.25. The van der Waals surface area contributed by atoms with Crippen LogP contribution in [0, 0.1) is 0 Å². The number of ether oxygens (including phenoxy) is 2. The fourth-order valence-corrected chi connectivity index (χ4v) is 1.78. The highest BCUT2D eigenvalue weighted by Crippen LogP contribution is 2.22. The van der Waals surface area contributed by atoms with Crippen LogP contribution in [0.3, 0.4) is 0 Å². The number of rotatable bonds is 6. The topological polar surface area (TPSA) is 47.6 Å². The summed E-state index contributed by atoms with van der Waals surface area (Å²) in [4.78, 5) is 11.7. The quantitative estimate of drug-likeness (QED) is 0.808. The maximum absolute atomic E-state index is 11.7. The third-order valence-electron chi connectivity index (χ3n) is 2.61. The zero-order chi connectivity index (χ0) is 13.5. The van der Waals surface area contributed by atoms with Crippen molar-refractivity contribution in [3.63, 3.8) is 0 Å². The lowest BCUT2D eigenvalue weighted by molar-refractivity contribution is 0.0601. The molecular formula is C13H18ClNO3. The molecule has 0 saturated carbocycles. The van der Waals surface area contributed by atoms with E-state index in [2.05, 4.69) is 5.32 Å². The maximum atomic E-state index is 11.7. The summed E-state index contributed by atoms with van der Waals surface area (Å²) < 4.78 is 9.85. The van der Waals surface area contributed by atoms with Crippen molar-refractivity contribution >= 4 is 23.3 Å². The summed E-state index contributed by atoms with van der Waals surface area (Å²) in [5.74, 6) is -0.410. The summed E-state index contributed by atoms with van der Waals surface area (Å²) in [6.45, 7) is 2.62. The number of benzene rings is 1. The molecule has 1 aromatic carbocycles. The second-order valence-corrected chi connectivity index (χ2v) is 4.32. The number of hydrogen-bond donors (Lipinski definition) is 1.